The first-order chi connectivity index (χ1) is 14.9. The van der Waals surface area contributed by atoms with Crippen molar-refractivity contribution in [3.63, 3.8) is 0 Å². The number of hydrogen-bond acceptors (Lipinski definition) is 4. The van der Waals surface area contributed by atoms with Crippen LogP contribution >= 0.6 is 0 Å². The third kappa shape index (κ3) is 4.03. The van der Waals surface area contributed by atoms with Gasteiger partial charge in [0.25, 0.3) is 5.91 Å². The van der Waals surface area contributed by atoms with Crippen molar-refractivity contribution < 1.29 is 14.3 Å². The van der Waals surface area contributed by atoms with Gasteiger partial charge in [0.15, 0.2) is 0 Å². The molecule has 7 nitrogen and oxygen atoms in total. The van der Waals surface area contributed by atoms with Crippen LogP contribution in [0.5, 0.6) is 5.75 Å². The third-order valence-corrected chi connectivity index (χ3v) is 5.49. The fraction of sp³-hybridized carbons (Fsp3) is 0.292. The molecule has 1 aromatic heterocycles. The molecule has 160 valence electrons. The van der Waals surface area contributed by atoms with Gasteiger partial charge in [0.1, 0.15) is 12.3 Å². The Morgan fingerprint density at radius 3 is 2.48 bits per heavy atom. The monoisotopic (exact) mass is 418 g/mol. The average Bonchev–Trinajstić information content (AvgIpc) is 3.11. The number of nitrogens with zero attached hydrogens (tertiary/aromatic N) is 4. The van der Waals surface area contributed by atoms with Gasteiger partial charge in [-0.3, -0.25) is 9.59 Å². The molecule has 31 heavy (non-hydrogen) atoms. The molecular weight excluding hydrogens is 392 g/mol. The molecule has 2 heterocycles. The fourth-order valence-corrected chi connectivity index (χ4v) is 4.11. The highest BCUT2D eigenvalue weighted by Crippen LogP contribution is 2.26. The lowest BCUT2D eigenvalue weighted by Gasteiger charge is -2.39. The van der Waals surface area contributed by atoms with Crippen LogP contribution in [-0.4, -0.2) is 52.7 Å². The molecule has 0 radical (unpaired) electrons. The van der Waals surface area contributed by atoms with Gasteiger partial charge in [-0.2, -0.15) is 5.10 Å². The number of aryl methyl sites for hydroxylation is 2. The fourth-order valence-electron chi connectivity index (χ4n) is 4.11. The number of rotatable bonds is 4. The van der Waals surface area contributed by atoms with Gasteiger partial charge in [-0.15, -0.1) is 0 Å². The molecule has 3 aromatic rings. The topological polar surface area (TPSA) is 67.7 Å². The Morgan fingerprint density at radius 2 is 1.81 bits per heavy atom. The van der Waals surface area contributed by atoms with Crippen molar-refractivity contribution in [3.8, 4) is 11.4 Å². The first kappa shape index (κ1) is 20.7. The Morgan fingerprint density at radius 1 is 1.06 bits per heavy atom. The van der Waals surface area contributed by atoms with Crippen molar-refractivity contribution in [3.05, 3.63) is 71.5 Å². The van der Waals surface area contributed by atoms with E-state index >= 15 is 0 Å². The molecule has 1 aliphatic rings. The van der Waals surface area contributed by atoms with Crippen LogP contribution in [0.25, 0.3) is 5.69 Å². The summed E-state index contributed by atoms with van der Waals surface area (Å²) in [6.45, 7) is 6.35. The van der Waals surface area contributed by atoms with Crippen LogP contribution in [0.3, 0.4) is 0 Å². The molecule has 0 N–H and O–H groups in total. The maximum absolute atomic E-state index is 13.2. The highest BCUT2D eigenvalue weighted by atomic mass is 16.5. The standard InChI is InChI=1S/C24H26N4O3/c1-16-11-17(2)28(25-16)21-9-5-7-19(12-21)24(30)26-14-18(3)27(23(29)15-26)20-8-6-10-22(13-20)31-4/h5-13,18H,14-15H2,1-4H3. The van der Waals surface area contributed by atoms with E-state index in [4.69, 9.17) is 4.74 Å². The van der Waals surface area contributed by atoms with Gasteiger partial charge < -0.3 is 14.5 Å². The van der Waals surface area contributed by atoms with Gasteiger partial charge in [0, 0.05) is 29.6 Å². The number of benzene rings is 2. The van der Waals surface area contributed by atoms with E-state index < -0.39 is 0 Å². The number of carbonyl (C=O) groups is 2. The van der Waals surface area contributed by atoms with Crippen molar-refractivity contribution in [1.82, 2.24) is 14.7 Å². The van der Waals surface area contributed by atoms with Crippen LogP contribution in [0.15, 0.2) is 54.6 Å². The van der Waals surface area contributed by atoms with E-state index in [1.165, 1.54) is 0 Å². The van der Waals surface area contributed by atoms with Crippen molar-refractivity contribution in [1.29, 1.82) is 0 Å². The van der Waals surface area contributed by atoms with Crippen molar-refractivity contribution in [2.24, 2.45) is 0 Å². The smallest absolute Gasteiger partial charge is 0.254 e. The molecule has 4 rings (SSSR count). The maximum Gasteiger partial charge on any atom is 0.254 e. The Hall–Kier alpha value is -3.61. The summed E-state index contributed by atoms with van der Waals surface area (Å²) in [5, 5.41) is 4.50. The van der Waals surface area contributed by atoms with Gasteiger partial charge in [-0.05, 0) is 57.2 Å². The van der Waals surface area contributed by atoms with Gasteiger partial charge in [-0.25, -0.2) is 4.68 Å². The second-order valence-electron chi connectivity index (χ2n) is 7.89. The normalized spacial score (nSPS) is 16.5. The number of aromatic nitrogens is 2. The minimum absolute atomic E-state index is 0.0323. The molecule has 2 aromatic carbocycles. The summed E-state index contributed by atoms with van der Waals surface area (Å²) in [5.74, 6) is 0.417. The molecule has 1 atom stereocenters. The number of hydrogen-bond donors (Lipinski definition) is 0. The van der Waals surface area contributed by atoms with E-state index in [-0.39, 0.29) is 24.4 Å². The predicted octanol–water partition coefficient (Wildman–Crippen LogP) is 3.38. The molecule has 0 bridgehead atoms. The Balaban J connectivity index is 1.55. The summed E-state index contributed by atoms with van der Waals surface area (Å²) in [6.07, 6.45) is 0. The van der Waals surface area contributed by atoms with Gasteiger partial charge in [0.2, 0.25) is 5.91 Å². The summed E-state index contributed by atoms with van der Waals surface area (Å²) in [5.41, 5.74) is 4.06. The SMILES string of the molecule is COc1cccc(N2C(=O)CN(C(=O)c3cccc(-n4nc(C)cc4C)c3)CC2C)c1. The third-order valence-electron chi connectivity index (χ3n) is 5.49. The van der Waals surface area contributed by atoms with Gasteiger partial charge in [-0.1, -0.05) is 12.1 Å². The van der Waals surface area contributed by atoms with Crippen molar-refractivity contribution in [2.45, 2.75) is 26.8 Å². The first-order valence-electron chi connectivity index (χ1n) is 10.3. The zero-order chi connectivity index (χ0) is 22.1. The summed E-state index contributed by atoms with van der Waals surface area (Å²) in [6, 6.07) is 16.6. The first-order valence-corrected chi connectivity index (χ1v) is 10.3. The number of anilines is 1. The molecule has 0 saturated carbocycles. The van der Waals surface area contributed by atoms with E-state index in [0.717, 1.165) is 22.8 Å². The van der Waals surface area contributed by atoms with Crippen LogP contribution in [-0.2, 0) is 4.79 Å². The molecule has 1 saturated heterocycles. The molecule has 1 fully saturated rings. The second-order valence-corrected chi connectivity index (χ2v) is 7.89. The number of carbonyl (C=O) groups excluding carboxylic acids is 2. The van der Waals surface area contributed by atoms with Crippen LogP contribution in [0, 0.1) is 13.8 Å². The lowest BCUT2D eigenvalue weighted by Crippen LogP contribution is -2.57. The minimum atomic E-state index is -0.158. The highest BCUT2D eigenvalue weighted by Gasteiger charge is 2.33. The summed E-state index contributed by atoms with van der Waals surface area (Å²) in [4.78, 5) is 29.5. The van der Waals surface area contributed by atoms with E-state index in [2.05, 4.69) is 5.10 Å². The molecule has 0 aliphatic carbocycles. The Labute approximate surface area is 181 Å². The van der Waals surface area contributed by atoms with Crippen LogP contribution in [0.2, 0.25) is 0 Å². The van der Waals surface area contributed by atoms with E-state index in [0.29, 0.717) is 17.9 Å². The average molecular weight is 418 g/mol. The Kier molecular flexibility index (Phi) is 5.50. The van der Waals surface area contributed by atoms with E-state index in [1.807, 2.05) is 74.0 Å². The highest BCUT2D eigenvalue weighted by molar-refractivity contribution is 6.02. The molecule has 1 unspecified atom stereocenters. The molecule has 0 spiro atoms. The maximum atomic E-state index is 13.2. The summed E-state index contributed by atoms with van der Waals surface area (Å²) >= 11 is 0. The van der Waals surface area contributed by atoms with Gasteiger partial charge >= 0.3 is 0 Å². The molecule has 2 amide bonds. The van der Waals surface area contributed by atoms with Crippen LogP contribution in [0.1, 0.15) is 28.7 Å². The number of methoxy groups -OCH3 is 1. The van der Waals surface area contributed by atoms with Crippen molar-refractivity contribution in [2.75, 3.05) is 25.1 Å². The van der Waals surface area contributed by atoms with E-state index in [9.17, 15) is 9.59 Å². The lowest BCUT2D eigenvalue weighted by molar-refractivity contribution is -0.121. The summed E-state index contributed by atoms with van der Waals surface area (Å²) < 4.78 is 7.10. The second kappa shape index (κ2) is 8.26. The Bertz CT molecular complexity index is 1140. The minimum Gasteiger partial charge on any atom is -0.497 e. The lowest BCUT2D eigenvalue weighted by atomic mass is 10.1. The van der Waals surface area contributed by atoms with Crippen LogP contribution < -0.4 is 9.64 Å². The van der Waals surface area contributed by atoms with Crippen LogP contribution in [0.4, 0.5) is 5.69 Å². The number of ether oxygens (including phenoxy) is 1. The number of piperazine rings is 1. The zero-order valence-electron chi connectivity index (χ0n) is 18.2. The summed E-state index contributed by atoms with van der Waals surface area (Å²) in [7, 11) is 1.60. The predicted molar refractivity (Wildman–Crippen MR) is 119 cm³/mol. The largest absolute Gasteiger partial charge is 0.497 e. The molecule has 7 heteroatoms. The molecule has 1 aliphatic heterocycles. The molecular formula is C24H26N4O3. The number of amides is 2. The van der Waals surface area contributed by atoms with Gasteiger partial charge in [0.05, 0.1) is 24.5 Å². The quantitative estimate of drug-likeness (QED) is 0.652. The van der Waals surface area contributed by atoms with Crippen molar-refractivity contribution >= 4 is 17.5 Å². The zero-order valence-corrected chi connectivity index (χ0v) is 18.2. The van der Waals surface area contributed by atoms with E-state index in [1.54, 1.807) is 23.0 Å².